The Labute approximate surface area is 121 Å². The number of methoxy groups -OCH3 is 1. The van der Waals surface area contributed by atoms with Crippen molar-refractivity contribution in [2.24, 2.45) is 10.9 Å². The molecule has 0 aromatic rings. The highest BCUT2D eigenvalue weighted by atomic mass is 32.2. The van der Waals surface area contributed by atoms with Gasteiger partial charge in [-0.3, -0.25) is 4.99 Å². The second kappa shape index (κ2) is 10.5. The third-order valence-electron chi connectivity index (χ3n) is 3.43. The Bertz CT molecular complexity index is 258. The lowest BCUT2D eigenvalue weighted by molar-refractivity contribution is 0.0699. The molecular formula is C14H28N2O2S. The van der Waals surface area contributed by atoms with E-state index in [0.29, 0.717) is 18.5 Å². The standard InChI is InChI=1S/C14H28N2O2S/c1-4-12(5-2)13-11-16-14(19-13)15-7-6-8-18-10-9-17-3/h12-13H,4-11H2,1-3H3,(H,15,16). The van der Waals surface area contributed by atoms with Crippen LogP contribution in [0.4, 0.5) is 0 Å². The van der Waals surface area contributed by atoms with Crippen molar-refractivity contribution < 1.29 is 9.47 Å². The first-order valence-electron chi connectivity index (χ1n) is 7.33. The Morgan fingerprint density at radius 1 is 1.32 bits per heavy atom. The summed E-state index contributed by atoms with van der Waals surface area (Å²) in [6, 6.07) is 0. The second-order valence-electron chi connectivity index (χ2n) is 4.76. The molecule has 1 unspecified atom stereocenters. The Morgan fingerprint density at radius 2 is 2.11 bits per heavy atom. The maximum absolute atomic E-state index is 5.42. The maximum atomic E-state index is 5.42. The van der Waals surface area contributed by atoms with Crippen LogP contribution >= 0.6 is 11.8 Å². The van der Waals surface area contributed by atoms with E-state index in [1.807, 2.05) is 11.8 Å². The first-order chi connectivity index (χ1) is 9.31. The molecule has 1 rings (SSSR count). The number of amidine groups is 1. The Kier molecular flexibility index (Phi) is 9.30. The van der Waals surface area contributed by atoms with Gasteiger partial charge in [-0.25, -0.2) is 0 Å². The minimum atomic E-state index is 0.674. The number of nitrogens with one attached hydrogen (secondary N) is 1. The van der Waals surface area contributed by atoms with Crippen LogP contribution in [0.1, 0.15) is 33.1 Å². The van der Waals surface area contributed by atoms with E-state index in [2.05, 4.69) is 24.2 Å². The molecule has 4 nitrogen and oxygen atoms in total. The molecule has 0 amide bonds. The number of hydrogen-bond acceptors (Lipinski definition) is 5. The van der Waals surface area contributed by atoms with Crippen molar-refractivity contribution in [3.63, 3.8) is 0 Å². The lowest BCUT2D eigenvalue weighted by Crippen LogP contribution is -2.23. The zero-order valence-corrected chi connectivity index (χ0v) is 13.3. The molecule has 1 aliphatic heterocycles. The zero-order chi connectivity index (χ0) is 13.9. The molecular weight excluding hydrogens is 260 g/mol. The highest BCUT2D eigenvalue weighted by Crippen LogP contribution is 2.30. The number of rotatable bonds is 10. The van der Waals surface area contributed by atoms with Crippen molar-refractivity contribution in [3.05, 3.63) is 0 Å². The van der Waals surface area contributed by atoms with Gasteiger partial charge >= 0.3 is 0 Å². The highest BCUT2D eigenvalue weighted by molar-refractivity contribution is 8.14. The number of nitrogens with zero attached hydrogens (tertiary/aromatic N) is 1. The summed E-state index contributed by atoms with van der Waals surface area (Å²) < 4.78 is 10.3. The number of aliphatic imine (C=N–C) groups is 1. The molecule has 0 aromatic carbocycles. The second-order valence-corrected chi connectivity index (χ2v) is 5.99. The molecule has 5 heteroatoms. The summed E-state index contributed by atoms with van der Waals surface area (Å²) in [5.41, 5.74) is 0. The third-order valence-corrected chi connectivity index (χ3v) is 4.76. The van der Waals surface area contributed by atoms with E-state index in [1.165, 1.54) is 12.8 Å². The normalized spacial score (nSPS) is 18.9. The van der Waals surface area contributed by atoms with Gasteiger partial charge in [0.2, 0.25) is 0 Å². The molecule has 0 aromatic heterocycles. The van der Waals surface area contributed by atoms with Gasteiger partial charge in [0.1, 0.15) is 0 Å². The summed E-state index contributed by atoms with van der Waals surface area (Å²) in [5.74, 6) is 0.797. The van der Waals surface area contributed by atoms with Crippen LogP contribution in [0, 0.1) is 5.92 Å². The van der Waals surface area contributed by atoms with Crippen LogP contribution < -0.4 is 5.32 Å². The lowest BCUT2D eigenvalue weighted by atomic mass is 9.99. The average molecular weight is 288 g/mol. The minimum absolute atomic E-state index is 0.674. The molecule has 0 aliphatic carbocycles. The number of hydrogen-bond donors (Lipinski definition) is 1. The first kappa shape index (κ1) is 16.8. The molecule has 0 fully saturated rings. The average Bonchev–Trinajstić information content (AvgIpc) is 2.88. The van der Waals surface area contributed by atoms with Gasteiger partial charge in [-0.15, -0.1) is 0 Å². The molecule has 0 saturated carbocycles. The molecule has 112 valence electrons. The predicted molar refractivity (Wildman–Crippen MR) is 83.1 cm³/mol. The Morgan fingerprint density at radius 3 is 2.79 bits per heavy atom. The van der Waals surface area contributed by atoms with Gasteiger partial charge in [-0.1, -0.05) is 38.5 Å². The molecule has 19 heavy (non-hydrogen) atoms. The lowest BCUT2D eigenvalue weighted by Gasteiger charge is -2.18. The van der Waals surface area contributed by atoms with Crippen molar-refractivity contribution in [1.29, 1.82) is 0 Å². The van der Waals surface area contributed by atoms with Crippen molar-refractivity contribution >= 4 is 16.9 Å². The highest BCUT2D eigenvalue weighted by Gasteiger charge is 2.25. The van der Waals surface area contributed by atoms with Crippen molar-refractivity contribution in [2.75, 3.05) is 40.0 Å². The van der Waals surface area contributed by atoms with Crippen LogP contribution in [0.5, 0.6) is 0 Å². The van der Waals surface area contributed by atoms with Crippen LogP contribution in [0.15, 0.2) is 4.99 Å². The van der Waals surface area contributed by atoms with Crippen LogP contribution in [0.2, 0.25) is 0 Å². The molecule has 0 spiro atoms. The third kappa shape index (κ3) is 6.63. The maximum Gasteiger partial charge on any atom is 0.156 e. The van der Waals surface area contributed by atoms with Gasteiger partial charge < -0.3 is 14.8 Å². The van der Waals surface area contributed by atoms with E-state index in [-0.39, 0.29) is 0 Å². The van der Waals surface area contributed by atoms with Crippen LogP contribution in [0.3, 0.4) is 0 Å². The predicted octanol–water partition coefficient (Wildman–Crippen LogP) is 2.54. The first-order valence-corrected chi connectivity index (χ1v) is 8.21. The van der Waals surface area contributed by atoms with E-state index in [1.54, 1.807) is 7.11 Å². The molecule has 1 aliphatic rings. The van der Waals surface area contributed by atoms with E-state index in [0.717, 1.165) is 37.2 Å². The van der Waals surface area contributed by atoms with Crippen LogP contribution in [-0.4, -0.2) is 50.4 Å². The zero-order valence-electron chi connectivity index (χ0n) is 12.5. The van der Waals surface area contributed by atoms with Gasteiger partial charge in [0.05, 0.1) is 19.8 Å². The summed E-state index contributed by atoms with van der Waals surface area (Å²) in [4.78, 5) is 4.59. The minimum Gasteiger partial charge on any atom is -0.382 e. The number of ether oxygens (including phenoxy) is 2. The fraction of sp³-hybridized carbons (Fsp3) is 0.929. The topological polar surface area (TPSA) is 42.9 Å². The van der Waals surface area contributed by atoms with E-state index in [4.69, 9.17) is 9.47 Å². The van der Waals surface area contributed by atoms with E-state index < -0.39 is 0 Å². The fourth-order valence-electron chi connectivity index (χ4n) is 2.16. The quantitative estimate of drug-likeness (QED) is 0.627. The molecule has 1 atom stereocenters. The van der Waals surface area contributed by atoms with Crippen molar-refractivity contribution in [2.45, 2.75) is 38.4 Å². The molecule has 1 heterocycles. The van der Waals surface area contributed by atoms with E-state index in [9.17, 15) is 0 Å². The fourth-order valence-corrected chi connectivity index (χ4v) is 3.51. The summed E-state index contributed by atoms with van der Waals surface area (Å²) in [7, 11) is 1.69. The summed E-state index contributed by atoms with van der Waals surface area (Å²) in [5, 5.41) is 5.20. The van der Waals surface area contributed by atoms with Gasteiger partial charge in [-0.05, 0) is 12.3 Å². The van der Waals surface area contributed by atoms with Gasteiger partial charge in [-0.2, -0.15) is 0 Å². The van der Waals surface area contributed by atoms with Gasteiger partial charge in [0.25, 0.3) is 0 Å². The summed E-state index contributed by atoms with van der Waals surface area (Å²) >= 11 is 1.92. The smallest absolute Gasteiger partial charge is 0.156 e. The van der Waals surface area contributed by atoms with Gasteiger partial charge in [0.15, 0.2) is 5.17 Å². The van der Waals surface area contributed by atoms with Crippen LogP contribution in [0.25, 0.3) is 0 Å². The van der Waals surface area contributed by atoms with Gasteiger partial charge in [0, 0.05) is 25.5 Å². The molecule has 0 radical (unpaired) electrons. The molecule has 0 bridgehead atoms. The van der Waals surface area contributed by atoms with Crippen molar-refractivity contribution in [3.8, 4) is 0 Å². The Balaban J connectivity index is 2.02. The van der Waals surface area contributed by atoms with E-state index >= 15 is 0 Å². The molecule has 1 N–H and O–H groups in total. The van der Waals surface area contributed by atoms with Crippen LogP contribution in [-0.2, 0) is 9.47 Å². The number of thioether (sulfide) groups is 1. The summed E-state index contributed by atoms with van der Waals surface area (Å²) in [6.07, 6.45) is 3.52. The van der Waals surface area contributed by atoms with Crippen molar-refractivity contribution in [1.82, 2.24) is 5.32 Å². The molecule has 0 saturated heterocycles. The monoisotopic (exact) mass is 288 g/mol. The largest absolute Gasteiger partial charge is 0.382 e. The Hall–Kier alpha value is -0.260. The SMILES string of the molecule is CCC(CC)C1CN=C(NCCCOCCOC)S1. The summed E-state index contributed by atoms with van der Waals surface area (Å²) in [6.45, 7) is 8.60.